The largest absolute Gasteiger partial charge is 0.348 e. The number of benzene rings is 1. The Labute approximate surface area is 137 Å². The summed E-state index contributed by atoms with van der Waals surface area (Å²) >= 11 is 1.77. The number of hydrogen-bond acceptors (Lipinski definition) is 4. The molecule has 0 saturated carbocycles. The first kappa shape index (κ1) is 17.3. The van der Waals surface area contributed by atoms with E-state index in [4.69, 9.17) is 0 Å². The number of fused-ring (bicyclic) bond motifs is 1. The van der Waals surface area contributed by atoms with Crippen LogP contribution in [0.1, 0.15) is 38.3 Å². The van der Waals surface area contributed by atoms with Crippen molar-refractivity contribution in [2.75, 3.05) is 17.3 Å². The minimum absolute atomic E-state index is 0.0785. The van der Waals surface area contributed by atoms with Crippen molar-refractivity contribution in [1.29, 1.82) is 0 Å². The van der Waals surface area contributed by atoms with Crippen LogP contribution in [0, 0.1) is 5.92 Å². The summed E-state index contributed by atoms with van der Waals surface area (Å²) in [4.78, 5) is 13.3. The minimum atomic E-state index is -3.32. The third kappa shape index (κ3) is 5.02. The van der Waals surface area contributed by atoms with Crippen molar-refractivity contribution in [1.82, 2.24) is 5.32 Å². The van der Waals surface area contributed by atoms with Gasteiger partial charge in [0.15, 0.2) is 9.84 Å². The van der Waals surface area contributed by atoms with Crippen LogP contribution in [0.4, 0.5) is 0 Å². The number of hydrogen-bond donors (Lipinski definition) is 1. The van der Waals surface area contributed by atoms with E-state index in [0.717, 1.165) is 17.7 Å². The number of thioether (sulfide) groups is 1. The maximum absolute atomic E-state index is 12.1. The second kappa shape index (κ2) is 7.51. The number of carbonyl (C=O) groups excluding carboxylic acids is 1. The Morgan fingerprint density at radius 1 is 1.36 bits per heavy atom. The molecule has 4 nitrogen and oxygen atoms in total. The molecule has 0 aliphatic carbocycles. The van der Waals surface area contributed by atoms with Crippen molar-refractivity contribution in [2.24, 2.45) is 5.92 Å². The summed E-state index contributed by atoms with van der Waals surface area (Å²) in [6, 6.07) is 7.89. The predicted molar refractivity (Wildman–Crippen MR) is 90.8 cm³/mol. The normalized spacial score (nSPS) is 18.0. The lowest BCUT2D eigenvalue weighted by Gasteiger charge is -2.25. The fourth-order valence-electron chi connectivity index (χ4n) is 2.42. The van der Waals surface area contributed by atoms with E-state index in [2.05, 4.69) is 5.32 Å². The van der Waals surface area contributed by atoms with E-state index >= 15 is 0 Å². The van der Waals surface area contributed by atoms with Gasteiger partial charge in [0.25, 0.3) is 0 Å². The lowest BCUT2D eigenvalue weighted by atomic mass is 10.0. The second-order valence-corrected chi connectivity index (χ2v) is 9.39. The summed E-state index contributed by atoms with van der Waals surface area (Å²) in [5.41, 5.74) is 1.09. The fraction of sp³-hybridized carbons (Fsp3) is 0.562. The zero-order chi connectivity index (χ0) is 16.2. The molecule has 122 valence electrons. The van der Waals surface area contributed by atoms with Gasteiger partial charge in [-0.25, -0.2) is 8.42 Å². The van der Waals surface area contributed by atoms with E-state index in [0.29, 0.717) is 12.3 Å². The van der Waals surface area contributed by atoms with Gasteiger partial charge in [-0.3, -0.25) is 4.79 Å². The summed E-state index contributed by atoms with van der Waals surface area (Å²) in [5.74, 6) is 0.526. The highest BCUT2D eigenvalue weighted by Crippen LogP contribution is 2.35. The molecule has 22 heavy (non-hydrogen) atoms. The topological polar surface area (TPSA) is 63.2 Å². The van der Waals surface area contributed by atoms with E-state index in [1.165, 1.54) is 4.90 Å². The maximum atomic E-state index is 12.1. The average Bonchev–Trinajstić information content (AvgIpc) is 2.45. The van der Waals surface area contributed by atoms with Crippen molar-refractivity contribution in [2.45, 2.75) is 37.6 Å². The van der Waals surface area contributed by atoms with Crippen molar-refractivity contribution in [3.63, 3.8) is 0 Å². The van der Waals surface area contributed by atoms with Crippen LogP contribution >= 0.6 is 11.8 Å². The van der Waals surface area contributed by atoms with Crippen molar-refractivity contribution in [3.8, 4) is 0 Å². The summed E-state index contributed by atoms with van der Waals surface area (Å²) in [6.45, 7) is 3.96. The zero-order valence-corrected chi connectivity index (χ0v) is 14.7. The highest BCUT2D eigenvalue weighted by Gasteiger charge is 2.24. The Kier molecular flexibility index (Phi) is 5.92. The van der Waals surface area contributed by atoms with Crippen LogP contribution in [0.15, 0.2) is 29.2 Å². The first-order valence-electron chi connectivity index (χ1n) is 7.59. The Morgan fingerprint density at radius 3 is 2.82 bits per heavy atom. The first-order chi connectivity index (χ1) is 10.4. The molecule has 1 N–H and O–H groups in total. The highest BCUT2D eigenvalue weighted by molar-refractivity contribution is 7.99. The van der Waals surface area contributed by atoms with Crippen LogP contribution < -0.4 is 5.32 Å². The Bertz CT molecular complexity index is 626. The van der Waals surface area contributed by atoms with Gasteiger partial charge in [-0.05, 0) is 30.4 Å². The van der Waals surface area contributed by atoms with Gasteiger partial charge in [0.2, 0.25) is 5.91 Å². The number of rotatable bonds is 6. The predicted octanol–water partition coefficient (Wildman–Crippen LogP) is 2.80. The average molecular weight is 341 g/mol. The van der Waals surface area contributed by atoms with Crippen molar-refractivity contribution in [3.05, 3.63) is 29.8 Å². The summed E-state index contributed by atoms with van der Waals surface area (Å²) in [7, 11) is -3.32. The molecule has 2 rings (SSSR count). The minimum Gasteiger partial charge on any atom is -0.348 e. The van der Waals surface area contributed by atoms with Gasteiger partial charge >= 0.3 is 0 Å². The molecule has 1 aliphatic heterocycles. The molecule has 1 aromatic carbocycles. The molecule has 0 saturated heterocycles. The van der Waals surface area contributed by atoms with Gasteiger partial charge in [-0.2, -0.15) is 0 Å². The third-order valence-corrected chi connectivity index (χ3v) is 6.33. The third-order valence-electron chi connectivity index (χ3n) is 3.65. The highest BCUT2D eigenvalue weighted by atomic mass is 32.2. The molecule has 1 aliphatic rings. The monoisotopic (exact) mass is 341 g/mol. The smallest absolute Gasteiger partial charge is 0.235 e. The fourth-order valence-corrected chi connectivity index (χ4v) is 5.00. The lowest BCUT2D eigenvalue weighted by molar-refractivity contribution is -0.119. The van der Waals surface area contributed by atoms with E-state index in [9.17, 15) is 13.2 Å². The van der Waals surface area contributed by atoms with Gasteiger partial charge in [0, 0.05) is 10.6 Å². The van der Waals surface area contributed by atoms with Crippen molar-refractivity contribution >= 4 is 27.5 Å². The Balaban J connectivity index is 1.96. The van der Waals surface area contributed by atoms with Crippen LogP contribution in [0.25, 0.3) is 0 Å². The molecule has 1 heterocycles. The summed E-state index contributed by atoms with van der Waals surface area (Å²) in [6.07, 6.45) is 1.43. The Morgan fingerprint density at radius 2 is 2.09 bits per heavy atom. The van der Waals surface area contributed by atoms with Gasteiger partial charge in [-0.15, -0.1) is 11.8 Å². The maximum Gasteiger partial charge on any atom is 0.235 e. The van der Waals surface area contributed by atoms with E-state index < -0.39 is 21.5 Å². The van der Waals surface area contributed by atoms with Gasteiger partial charge < -0.3 is 5.32 Å². The van der Waals surface area contributed by atoms with Crippen LogP contribution in [0.5, 0.6) is 0 Å². The van der Waals surface area contributed by atoms with Gasteiger partial charge in [-0.1, -0.05) is 32.0 Å². The standard InChI is InChI=1S/C16H23NO3S2/c1-12(2)8-10-22(19,20)11-16(18)17-14-7-9-21-15-6-4-3-5-13(14)15/h3-6,12,14H,7-11H2,1-2H3,(H,17,18). The Hall–Kier alpha value is -1.01. The molecule has 0 radical (unpaired) electrons. The van der Waals surface area contributed by atoms with Gasteiger partial charge in [0.05, 0.1) is 11.8 Å². The number of carbonyl (C=O) groups is 1. The summed E-state index contributed by atoms with van der Waals surface area (Å²) in [5, 5.41) is 2.89. The van der Waals surface area contributed by atoms with Crippen LogP contribution in [0.2, 0.25) is 0 Å². The molecular formula is C16H23NO3S2. The zero-order valence-electron chi connectivity index (χ0n) is 13.0. The van der Waals surface area contributed by atoms with Crippen LogP contribution in [-0.2, 0) is 14.6 Å². The molecule has 0 aromatic heterocycles. The SMILES string of the molecule is CC(C)CCS(=O)(=O)CC(=O)NC1CCSc2ccccc21. The van der Waals surface area contributed by atoms with Crippen molar-refractivity contribution < 1.29 is 13.2 Å². The molecule has 0 fully saturated rings. The molecule has 6 heteroatoms. The molecule has 1 aromatic rings. The first-order valence-corrected chi connectivity index (χ1v) is 10.4. The van der Waals surface area contributed by atoms with Crippen LogP contribution in [-0.4, -0.2) is 31.6 Å². The lowest BCUT2D eigenvalue weighted by Crippen LogP contribution is -2.35. The number of sulfone groups is 1. The van der Waals surface area contributed by atoms with Gasteiger partial charge in [0.1, 0.15) is 5.75 Å². The van der Waals surface area contributed by atoms with E-state index in [1.54, 1.807) is 11.8 Å². The van der Waals surface area contributed by atoms with E-state index in [1.807, 2.05) is 38.1 Å². The van der Waals surface area contributed by atoms with Crippen LogP contribution in [0.3, 0.4) is 0 Å². The number of nitrogens with one attached hydrogen (secondary N) is 1. The molecular weight excluding hydrogens is 318 g/mol. The van der Waals surface area contributed by atoms with E-state index in [-0.39, 0.29) is 11.8 Å². The molecule has 1 atom stereocenters. The molecule has 1 unspecified atom stereocenters. The molecule has 0 bridgehead atoms. The quantitative estimate of drug-likeness (QED) is 0.864. The second-order valence-electron chi connectivity index (χ2n) is 6.07. The molecule has 0 spiro atoms. The summed E-state index contributed by atoms with van der Waals surface area (Å²) < 4.78 is 23.9. The number of amides is 1. The molecule has 1 amide bonds.